The largest absolute Gasteiger partial charge is 0.512 e. The summed E-state index contributed by atoms with van der Waals surface area (Å²) in [5.41, 5.74) is 6.36. The molecule has 1 radical (unpaired) electrons. The number of carbonyl (C=O) groups is 1. The van der Waals surface area contributed by atoms with E-state index >= 15 is 0 Å². The number of rotatable bonds is 10. The van der Waals surface area contributed by atoms with E-state index in [-0.39, 0.29) is 59.9 Å². The number of benzene rings is 2. The van der Waals surface area contributed by atoms with Gasteiger partial charge in [-0.2, -0.15) is 0 Å². The number of ether oxygens (including phenoxy) is 1. The molecule has 53 heavy (non-hydrogen) atoms. The number of aryl methyl sites for hydroxylation is 1. The summed E-state index contributed by atoms with van der Waals surface area (Å²) in [5.74, 6) is 3.79. The molecule has 1 N–H and O–H groups in total. The van der Waals surface area contributed by atoms with Gasteiger partial charge in [0, 0.05) is 65.9 Å². The zero-order valence-electron chi connectivity index (χ0n) is 34.0. The van der Waals surface area contributed by atoms with E-state index in [1.807, 2.05) is 53.8 Å². The number of hydrogen-bond acceptors (Lipinski definition) is 5. The zero-order chi connectivity index (χ0) is 38.2. The topological polar surface area (TPSA) is 72.6 Å². The normalized spacial score (nSPS) is 16.7. The molecule has 0 saturated carbocycles. The molecule has 0 fully saturated rings. The van der Waals surface area contributed by atoms with Gasteiger partial charge in [0.25, 0.3) is 0 Å². The number of ketones is 1. The number of nitrogens with zero attached hydrogens (tertiary/aromatic N) is 1. The summed E-state index contributed by atoms with van der Waals surface area (Å²) in [7, 11) is 0. The molecule has 3 heterocycles. The van der Waals surface area contributed by atoms with Crippen LogP contribution < -0.4 is 4.74 Å². The number of hydrogen-bond donors (Lipinski definition) is 1. The number of fused-ring (bicyclic) bond motifs is 6. The van der Waals surface area contributed by atoms with Gasteiger partial charge < -0.3 is 14.3 Å². The first kappa shape index (κ1) is 42.3. The number of carbonyl (C=O) groups excluding carboxylic acids is 1. The predicted octanol–water partition coefficient (Wildman–Crippen LogP) is 13.0. The van der Waals surface area contributed by atoms with Gasteiger partial charge in [-0.05, 0) is 68.1 Å². The number of aliphatic hydroxyl groups excluding tert-OH is 1. The van der Waals surface area contributed by atoms with Gasteiger partial charge in [0.2, 0.25) is 0 Å². The molecule has 6 rings (SSSR count). The molecule has 0 saturated heterocycles. The molecule has 1 aliphatic heterocycles. The predicted molar refractivity (Wildman–Crippen MR) is 215 cm³/mol. The molecule has 0 amide bonds. The molecule has 0 bridgehead atoms. The molecule has 2 aliphatic rings. The minimum absolute atomic E-state index is 0. The van der Waals surface area contributed by atoms with Crippen LogP contribution >= 0.6 is 0 Å². The van der Waals surface area contributed by atoms with E-state index in [2.05, 4.69) is 90.1 Å². The van der Waals surface area contributed by atoms with Gasteiger partial charge in [-0.3, -0.25) is 9.78 Å². The Morgan fingerprint density at radius 2 is 1.60 bits per heavy atom. The Bertz CT molecular complexity index is 1980. The van der Waals surface area contributed by atoms with Crippen molar-refractivity contribution < 1.29 is 39.2 Å². The number of aliphatic hydroxyl groups is 1. The SMILES string of the molecule is CCC(C)(CC)C(=O)/C=C(\O)C(C)(CC)CC.Cc1oc2c(c1CC(C)C)C1Oc3ccnc(-c4[c-]c5ccccc5c(C(C)(C)C)c4)c3C1C=C2.[Ir]. The molecule has 6 heteroatoms. The van der Waals surface area contributed by atoms with Gasteiger partial charge in [-0.1, -0.05) is 111 Å². The Morgan fingerprint density at radius 1 is 0.962 bits per heavy atom. The summed E-state index contributed by atoms with van der Waals surface area (Å²) in [6, 6.07) is 16.5. The van der Waals surface area contributed by atoms with Crippen molar-refractivity contribution in [3.63, 3.8) is 0 Å². The van der Waals surface area contributed by atoms with Crippen LogP contribution in [0, 0.1) is 29.7 Å². The average molecular weight is 895 g/mol. The molecule has 287 valence electrons. The van der Waals surface area contributed by atoms with Crippen molar-refractivity contribution >= 4 is 22.6 Å². The number of aromatic nitrogens is 1. The van der Waals surface area contributed by atoms with Crippen molar-refractivity contribution in [2.45, 2.75) is 133 Å². The van der Waals surface area contributed by atoms with E-state index < -0.39 is 0 Å². The van der Waals surface area contributed by atoms with Crippen molar-refractivity contribution in [1.29, 1.82) is 0 Å². The second-order valence-corrected chi connectivity index (χ2v) is 16.8. The molecular weight excluding hydrogens is 835 g/mol. The third-order valence-electron chi connectivity index (χ3n) is 11.9. The molecular formula is C47H60IrNO4-. The molecule has 2 aromatic carbocycles. The smallest absolute Gasteiger partial charge is 0.164 e. The van der Waals surface area contributed by atoms with Gasteiger partial charge >= 0.3 is 0 Å². The Balaban J connectivity index is 0.000000299. The minimum atomic E-state index is -0.337. The second-order valence-electron chi connectivity index (χ2n) is 16.8. The van der Waals surface area contributed by atoms with Gasteiger partial charge in [0.1, 0.15) is 29.1 Å². The van der Waals surface area contributed by atoms with Gasteiger partial charge in [0.15, 0.2) is 5.78 Å². The standard InChI is InChI=1S/C32H32NO2.C15H28O2.Ir/c1-18(2)15-24-19(3)34-26-12-11-23-28-27(35-31(23)29(24)26)13-14-33-30(28)21-16-20-9-7-8-10-22(20)25(17-21)32(4,5)6;1-7-14(5,8-2)12(16)11-13(17)15(6,9-3)10-4;/h7-14,17-18,23,31H,15H2,1-6H3;11,16H,7-10H2,1-6H3;/q-1;;/b;12-11-;. The van der Waals surface area contributed by atoms with Crippen molar-refractivity contribution in [3.05, 3.63) is 100 Å². The first-order chi connectivity index (χ1) is 24.5. The number of furan rings is 1. The Labute approximate surface area is 332 Å². The van der Waals surface area contributed by atoms with Gasteiger partial charge in [-0.25, -0.2) is 0 Å². The Morgan fingerprint density at radius 3 is 2.21 bits per heavy atom. The summed E-state index contributed by atoms with van der Waals surface area (Å²) in [5, 5.41) is 12.5. The van der Waals surface area contributed by atoms with Crippen LogP contribution in [-0.2, 0) is 36.7 Å². The summed E-state index contributed by atoms with van der Waals surface area (Å²) >= 11 is 0. The number of allylic oxidation sites excluding steroid dienone is 2. The minimum Gasteiger partial charge on any atom is -0.512 e. The number of pyridine rings is 1. The maximum Gasteiger partial charge on any atom is 0.164 e. The third-order valence-corrected chi connectivity index (χ3v) is 11.9. The van der Waals surface area contributed by atoms with Crippen LogP contribution in [-0.4, -0.2) is 15.9 Å². The summed E-state index contributed by atoms with van der Waals surface area (Å²) in [6.45, 7) is 25.5. The monoisotopic (exact) mass is 895 g/mol. The van der Waals surface area contributed by atoms with Crippen molar-refractivity contribution in [2.75, 3.05) is 0 Å². The van der Waals surface area contributed by atoms with Crippen LogP contribution in [0.2, 0.25) is 0 Å². The summed E-state index contributed by atoms with van der Waals surface area (Å²) in [6.07, 6.45) is 11.9. The van der Waals surface area contributed by atoms with Crippen molar-refractivity contribution in [1.82, 2.24) is 4.98 Å². The summed E-state index contributed by atoms with van der Waals surface area (Å²) < 4.78 is 12.8. The molecule has 2 unspecified atom stereocenters. The molecule has 0 spiro atoms. The molecule has 2 atom stereocenters. The zero-order valence-corrected chi connectivity index (χ0v) is 36.4. The van der Waals surface area contributed by atoms with Crippen LogP contribution in [0.25, 0.3) is 28.1 Å². The van der Waals surface area contributed by atoms with E-state index in [0.29, 0.717) is 5.92 Å². The van der Waals surface area contributed by atoms with Crippen LogP contribution in [0.1, 0.15) is 148 Å². The molecule has 1 aliphatic carbocycles. The Kier molecular flexibility index (Phi) is 13.2. The van der Waals surface area contributed by atoms with Crippen molar-refractivity contribution in [3.8, 4) is 17.0 Å². The van der Waals surface area contributed by atoms with Gasteiger partial charge in [-0.15, -0.1) is 29.1 Å². The average Bonchev–Trinajstić information content (AvgIpc) is 3.66. The third kappa shape index (κ3) is 8.30. The molecule has 2 aromatic heterocycles. The maximum atomic E-state index is 12.2. The van der Waals surface area contributed by atoms with Crippen LogP contribution in [0.5, 0.6) is 5.75 Å². The quantitative estimate of drug-likeness (QED) is 0.0975. The van der Waals surface area contributed by atoms with Crippen LogP contribution in [0.4, 0.5) is 0 Å². The van der Waals surface area contributed by atoms with Crippen LogP contribution in [0.3, 0.4) is 0 Å². The van der Waals surface area contributed by atoms with E-state index in [1.54, 1.807) is 0 Å². The van der Waals surface area contributed by atoms with Crippen molar-refractivity contribution in [2.24, 2.45) is 16.7 Å². The van der Waals surface area contributed by atoms with E-state index in [4.69, 9.17) is 14.1 Å². The molecule has 5 nitrogen and oxygen atoms in total. The molecule has 4 aromatic rings. The fourth-order valence-electron chi connectivity index (χ4n) is 7.46. The second kappa shape index (κ2) is 16.5. The maximum absolute atomic E-state index is 12.2. The summed E-state index contributed by atoms with van der Waals surface area (Å²) in [4.78, 5) is 17.1. The first-order valence-corrected chi connectivity index (χ1v) is 19.4. The fourth-order valence-corrected chi connectivity index (χ4v) is 7.46. The fraction of sp³-hybridized carbons (Fsp3) is 0.489. The van der Waals surface area contributed by atoms with E-state index in [9.17, 15) is 9.90 Å². The van der Waals surface area contributed by atoms with E-state index in [0.717, 1.165) is 71.6 Å². The van der Waals surface area contributed by atoms with Gasteiger partial charge in [0.05, 0.1) is 0 Å². The van der Waals surface area contributed by atoms with E-state index in [1.165, 1.54) is 28.2 Å². The first-order valence-electron chi connectivity index (χ1n) is 19.4. The van der Waals surface area contributed by atoms with Crippen LogP contribution in [0.15, 0.2) is 64.9 Å². The Hall–Kier alpha value is -3.47.